The van der Waals surface area contributed by atoms with Crippen molar-refractivity contribution in [3.05, 3.63) is 28.4 Å². The molecule has 0 saturated carbocycles. The van der Waals surface area contributed by atoms with Crippen molar-refractivity contribution >= 4 is 15.7 Å². The van der Waals surface area contributed by atoms with Crippen molar-refractivity contribution in [2.24, 2.45) is 0 Å². The number of rotatable bonds is 2. The second-order valence-electron chi connectivity index (χ2n) is 2.35. The van der Waals surface area contributed by atoms with Gasteiger partial charge in [0.1, 0.15) is 6.20 Å². The molecule has 0 aliphatic heterocycles. The molecule has 1 aromatic heterocycles. The Morgan fingerprint density at radius 1 is 1.54 bits per heavy atom. The minimum Gasteiger partial charge on any atom is -0.358 e. The Hall–Kier alpha value is -1.50. The fraction of sp³-hybridized carbons (Fsp3) is 0.167. The average Bonchev–Trinajstić information content (AvgIpc) is 2.03. The molecule has 1 heterocycles. The van der Waals surface area contributed by atoms with E-state index in [1.807, 2.05) is 0 Å². The van der Waals surface area contributed by atoms with Gasteiger partial charge < -0.3 is 10.1 Å². The van der Waals surface area contributed by atoms with Gasteiger partial charge in [-0.15, -0.1) is 0 Å². The largest absolute Gasteiger partial charge is 0.382 e. The van der Waals surface area contributed by atoms with Crippen LogP contribution in [0.5, 0.6) is 0 Å². The minimum absolute atomic E-state index is 0.361. The van der Waals surface area contributed by atoms with E-state index in [-0.39, 0.29) is 4.90 Å². The minimum atomic E-state index is -3.58. The first-order valence-electron chi connectivity index (χ1n) is 3.22. The maximum Gasteiger partial charge on any atom is 0.382 e. The average molecular weight is 202 g/mol. The van der Waals surface area contributed by atoms with Crippen molar-refractivity contribution in [2.75, 3.05) is 6.26 Å². The monoisotopic (exact) mass is 202 g/mol. The molecule has 0 aliphatic rings. The summed E-state index contributed by atoms with van der Waals surface area (Å²) in [5.74, 6) is -0.634. The van der Waals surface area contributed by atoms with Crippen LogP contribution in [0, 0.1) is 10.1 Å². The first-order valence-corrected chi connectivity index (χ1v) is 5.11. The molecule has 0 N–H and O–H groups in total. The molecular weight excluding hydrogens is 196 g/mol. The Morgan fingerprint density at radius 3 is 2.54 bits per heavy atom. The summed E-state index contributed by atoms with van der Waals surface area (Å²) in [6, 6.07) is 2.49. The molecule has 0 amide bonds. The van der Waals surface area contributed by atoms with Crippen molar-refractivity contribution in [2.45, 2.75) is 4.90 Å². The summed E-state index contributed by atoms with van der Waals surface area (Å²) in [7, 11) is -3.58. The van der Waals surface area contributed by atoms with E-state index in [2.05, 4.69) is 4.98 Å². The zero-order valence-corrected chi connectivity index (χ0v) is 7.48. The topological polar surface area (TPSA) is 90.2 Å². The molecule has 0 unspecified atom stereocenters. The summed E-state index contributed by atoms with van der Waals surface area (Å²) < 4.78 is 22.0. The van der Waals surface area contributed by atoms with Crippen molar-refractivity contribution in [1.29, 1.82) is 0 Å². The second kappa shape index (κ2) is 3.09. The lowest BCUT2D eigenvalue weighted by Gasteiger charge is -1.97. The molecule has 13 heavy (non-hydrogen) atoms. The molecule has 0 bridgehead atoms. The molecule has 6 nitrogen and oxygen atoms in total. The highest BCUT2D eigenvalue weighted by Gasteiger charge is 2.22. The fourth-order valence-electron chi connectivity index (χ4n) is 0.809. The summed E-state index contributed by atoms with van der Waals surface area (Å²) in [6.07, 6.45) is 2.07. The van der Waals surface area contributed by atoms with E-state index >= 15 is 0 Å². The predicted molar refractivity (Wildman–Crippen MR) is 44.0 cm³/mol. The van der Waals surface area contributed by atoms with Crippen LogP contribution in [0.4, 0.5) is 5.82 Å². The Kier molecular flexibility index (Phi) is 2.28. The molecule has 7 heteroatoms. The quantitative estimate of drug-likeness (QED) is 0.511. The maximum atomic E-state index is 11.0. The third kappa shape index (κ3) is 2.00. The van der Waals surface area contributed by atoms with Gasteiger partial charge in [-0.1, -0.05) is 0 Å². The molecule has 0 aliphatic carbocycles. The van der Waals surface area contributed by atoms with Crippen LogP contribution in [0.3, 0.4) is 0 Å². The molecule has 0 atom stereocenters. The predicted octanol–water partition coefficient (Wildman–Crippen LogP) is 0.393. The first-order chi connectivity index (χ1) is 5.93. The van der Waals surface area contributed by atoms with E-state index in [0.717, 1.165) is 12.3 Å². The van der Waals surface area contributed by atoms with Crippen LogP contribution in [-0.4, -0.2) is 24.6 Å². The first kappa shape index (κ1) is 9.59. The Morgan fingerprint density at radius 2 is 2.15 bits per heavy atom. The van der Waals surface area contributed by atoms with Gasteiger partial charge in [0.2, 0.25) is 0 Å². The highest BCUT2D eigenvalue weighted by Crippen LogP contribution is 2.19. The van der Waals surface area contributed by atoms with Gasteiger partial charge in [-0.2, -0.15) is 0 Å². The van der Waals surface area contributed by atoms with Gasteiger partial charge in [0, 0.05) is 6.26 Å². The third-order valence-corrected chi connectivity index (χ3v) is 2.44. The standard InChI is InChI=1S/C6H6N2O4S/c1-13(11,12)5-3-2-4-7-6(5)8(9)10/h2-4H,1H3. The molecule has 0 aromatic carbocycles. The van der Waals surface area contributed by atoms with Crippen LogP contribution >= 0.6 is 0 Å². The number of nitro groups is 1. The summed E-state index contributed by atoms with van der Waals surface area (Å²) in [5, 5.41) is 10.3. The van der Waals surface area contributed by atoms with Crippen LogP contribution in [-0.2, 0) is 9.84 Å². The summed E-state index contributed by atoms with van der Waals surface area (Å²) in [5.41, 5.74) is 0. The third-order valence-electron chi connectivity index (χ3n) is 1.32. The highest BCUT2D eigenvalue weighted by molar-refractivity contribution is 7.90. The Balaban J connectivity index is 3.46. The van der Waals surface area contributed by atoms with Gasteiger partial charge in [0.05, 0.1) is 0 Å². The van der Waals surface area contributed by atoms with Gasteiger partial charge in [0.15, 0.2) is 14.7 Å². The van der Waals surface area contributed by atoms with E-state index in [4.69, 9.17) is 0 Å². The highest BCUT2D eigenvalue weighted by atomic mass is 32.2. The molecule has 0 radical (unpaired) electrons. The van der Waals surface area contributed by atoms with E-state index in [1.54, 1.807) is 0 Å². The van der Waals surface area contributed by atoms with Crippen LogP contribution in [0.25, 0.3) is 0 Å². The number of aromatic nitrogens is 1. The lowest BCUT2D eigenvalue weighted by atomic mass is 10.5. The van der Waals surface area contributed by atoms with Crippen molar-refractivity contribution in [1.82, 2.24) is 4.98 Å². The van der Waals surface area contributed by atoms with Gasteiger partial charge in [-0.05, 0) is 22.0 Å². The lowest BCUT2D eigenvalue weighted by molar-refractivity contribution is -0.392. The maximum absolute atomic E-state index is 11.0. The Bertz CT molecular complexity index is 440. The number of hydrogen-bond acceptors (Lipinski definition) is 5. The summed E-state index contributed by atoms with van der Waals surface area (Å²) >= 11 is 0. The van der Waals surface area contributed by atoms with Crippen LogP contribution in [0.2, 0.25) is 0 Å². The van der Waals surface area contributed by atoms with Crippen LogP contribution in [0.15, 0.2) is 23.2 Å². The zero-order chi connectivity index (χ0) is 10.1. The van der Waals surface area contributed by atoms with Gasteiger partial charge in [0.25, 0.3) is 0 Å². The number of pyridine rings is 1. The lowest BCUT2D eigenvalue weighted by Crippen LogP contribution is -2.03. The fourth-order valence-corrected chi connectivity index (χ4v) is 1.59. The zero-order valence-electron chi connectivity index (χ0n) is 6.67. The van der Waals surface area contributed by atoms with Crippen molar-refractivity contribution in [3.8, 4) is 0 Å². The number of hydrogen-bond donors (Lipinski definition) is 0. The SMILES string of the molecule is CS(=O)(=O)c1cccnc1[N+](=O)[O-]. The van der Waals surface area contributed by atoms with E-state index in [0.29, 0.717) is 0 Å². The Labute approximate surface area is 74.3 Å². The second-order valence-corrected chi connectivity index (χ2v) is 4.34. The molecule has 0 spiro atoms. The van der Waals surface area contributed by atoms with Crippen molar-refractivity contribution in [3.63, 3.8) is 0 Å². The molecule has 0 saturated heterocycles. The van der Waals surface area contributed by atoms with E-state index < -0.39 is 20.6 Å². The van der Waals surface area contributed by atoms with E-state index in [9.17, 15) is 18.5 Å². The number of sulfone groups is 1. The molecule has 1 aromatic rings. The summed E-state index contributed by atoms with van der Waals surface area (Å²) in [6.45, 7) is 0. The number of nitrogens with zero attached hydrogens (tertiary/aromatic N) is 2. The normalized spacial score (nSPS) is 11.2. The van der Waals surface area contributed by atoms with Crippen LogP contribution < -0.4 is 0 Å². The molecule has 0 fully saturated rings. The smallest absolute Gasteiger partial charge is 0.358 e. The van der Waals surface area contributed by atoms with Gasteiger partial charge in [-0.3, -0.25) is 0 Å². The molecule has 70 valence electrons. The summed E-state index contributed by atoms with van der Waals surface area (Å²) in [4.78, 5) is 12.5. The van der Waals surface area contributed by atoms with Gasteiger partial charge in [-0.25, -0.2) is 8.42 Å². The van der Waals surface area contributed by atoms with Gasteiger partial charge >= 0.3 is 5.82 Å². The molecule has 1 rings (SSSR count). The van der Waals surface area contributed by atoms with E-state index in [1.165, 1.54) is 12.3 Å². The van der Waals surface area contributed by atoms with Crippen LogP contribution in [0.1, 0.15) is 0 Å². The molecular formula is C6H6N2O4S. The van der Waals surface area contributed by atoms with Crippen molar-refractivity contribution < 1.29 is 13.3 Å².